The summed E-state index contributed by atoms with van der Waals surface area (Å²) in [5, 5.41) is 9.64. The van der Waals surface area contributed by atoms with Crippen molar-refractivity contribution in [3.8, 4) is 16.9 Å². The van der Waals surface area contributed by atoms with E-state index in [0.717, 1.165) is 46.7 Å². The Labute approximate surface area is 194 Å². The molecule has 0 bridgehead atoms. The molecule has 4 rings (SSSR count). The lowest BCUT2D eigenvalue weighted by Crippen LogP contribution is -2.24. The molecule has 0 radical (unpaired) electrons. The normalized spacial score (nSPS) is 13.2. The van der Waals surface area contributed by atoms with Crippen LogP contribution in [0.3, 0.4) is 0 Å². The molecule has 0 unspecified atom stereocenters. The maximum absolute atomic E-state index is 11.8. The van der Waals surface area contributed by atoms with Crippen LogP contribution in [-0.4, -0.2) is 37.4 Å². The lowest BCUT2D eigenvalue weighted by atomic mass is 10.00. The van der Waals surface area contributed by atoms with E-state index in [9.17, 15) is 9.90 Å². The minimum absolute atomic E-state index is 0.414. The Balaban J connectivity index is 1.54. The van der Waals surface area contributed by atoms with Crippen LogP contribution < -0.4 is 9.64 Å². The SMILES string of the molecule is CCCOCCOc1ccc(-c2ccc3c(c2)C=C(C(=O)O)CCN3Cc2ccoc2)cc1. The number of fused-ring (bicyclic) bond motifs is 1. The number of hydrogen-bond donors (Lipinski definition) is 1. The maximum Gasteiger partial charge on any atom is 0.331 e. The van der Waals surface area contributed by atoms with Crippen LogP contribution in [0.1, 0.15) is 30.9 Å². The first-order valence-corrected chi connectivity index (χ1v) is 11.3. The summed E-state index contributed by atoms with van der Waals surface area (Å²) in [6, 6.07) is 16.1. The molecule has 0 amide bonds. The Bertz CT molecular complexity index is 1090. The zero-order chi connectivity index (χ0) is 23.0. The standard InChI is InChI=1S/C27H29NO5/c1-2-12-31-14-15-33-25-6-3-21(4-7-25)22-5-8-26-24(16-22)17-23(27(29)30)9-11-28(26)18-20-10-13-32-19-20/h3-8,10,13,16-17,19H,2,9,11-12,14-15,18H2,1H3,(H,29,30). The lowest BCUT2D eigenvalue weighted by molar-refractivity contribution is -0.132. The molecular formula is C27H29NO5. The Morgan fingerprint density at radius 2 is 1.88 bits per heavy atom. The van der Waals surface area contributed by atoms with E-state index in [2.05, 4.69) is 30.0 Å². The quantitative estimate of drug-likeness (QED) is 0.406. The number of nitrogens with zero attached hydrogens (tertiary/aromatic N) is 1. The van der Waals surface area contributed by atoms with Crippen molar-refractivity contribution < 1.29 is 23.8 Å². The third-order valence-corrected chi connectivity index (χ3v) is 5.61. The molecule has 1 N–H and O–H groups in total. The van der Waals surface area contributed by atoms with Gasteiger partial charge in [-0.1, -0.05) is 25.1 Å². The van der Waals surface area contributed by atoms with Crippen LogP contribution in [0.5, 0.6) is 5.75 Å². The van der Waals surface area contributed by atoms with E-state index in [1.54, 1.807) is 18.6 Å². The fraction of sp³-hybridized carbons (Fsp3) is 0.296. The van der Waals surface area contributed by atoms with Crippen LogP contribution >= 0.6 is 0 Å². The van der Waals surface area contributed by atoms with Gasteiger partial charge in [-0.2, -0.15) is 0 Å². The van der Waals surface area contributed by atoms with Crippen molar-refractivity contribution in [2.24, 2.45) is 0 Å². The first kappa shape index (κ1) is 22.7. The van der Waals surface area contributed by atoms with E-state index in [1.165, 1.54) is 0 Å². The molecule has 33 heavy (non-hydrogen) atoms. The summed E-state index contributed by atoms with van der Waals surface area (Å²) in [5.41, 5.74) is 5.46. The monoisotopic (exact) mass is 447 g/mol. The van der Waals surface area contributed by atoms with Gasteiger partial charge in [0.2, 0.25) is 0 Å². The summed E-state index contributed by atoms with van der Waals surface area (Å²) in [6.45, 7) is 5.22. The molecule has 3 aromatic rings. The Morgan fingerprint density at radius 1 is 1.06 bits per heavy atom. The molecule has 6 heteroatoms. The molecule has 0 saturated heterocycles. The van der Waals surface area contributed by atoms with E-state index >= 15 is 0 Å². The number of hydrogen-bond acceptors (Lipinski definition) is 5. The highest BCUT2D eigenvalue weighted by Crippen LogP contribution is 2.33. The minimum atomic E-state index is -0.874. The fourth-order valence-electron chi connectivity index (χ4n) is 3.92. The number of carboxylic acid groups (broad SMARTS) is 1. The maximum atomic E-state index is 11.8. The predicted octanol–water partition coefficient (Wildman–Crippen LogP) is 5.63. The van der Waals surface area contributed by atoms with Crippen molar-refractivity contribution in [2.45, 2.75) is 26.3 Å². The average Bonchev–Trinajstić information content (AvgIpc) is 3.27. The van der Waals surface area contributed by atoms with Crippen molar-refractivity contribution in [1.29, 1.82) is 0 Å². The second-order valence-electron chi connectivity index (χ2n) is 8.04. The smallest absolute Gasteiger partial charge is 0.331 e. The molecule has 0 saturated carbocycles. The fourth-order valence-corrected chi connectivity index (χ4v) is 3.92. The average molecular weight is 448 g/mol. The summed E-state index contributed by atoms with van der Waals surface area (Å²) in [6.07, 6.45) is 6.66. The topological polar surface area (TPSA) is 72.1 Å². The van der Waals surface area contributed by atoms with Crippen LogP contribution in [0.15, 0.2) is 71.0 Å². The zero-order valence-electron chi connectivity index (χ0n) is 18.8. The van der Waals surface area contributed by atoms with Gasteiger partial charge < -0.3 is 23.9 Å². The van der Waals surface area contributed by atoms with E-state index in [0.29, 0.717) is 38.3 Å². The predicted molar refractivity (Wildman–Crippen MR) is 128 cm³/mol. The summed E-state index contributed by atoms with van der Waals surface area (Å²) in [7, 11) is 0. The van der Waals surface area contributed by atoms with Gasteiger partial charge in [-0.25, -0.2) is 4.79 Å². The molecule has 0 atom stereocenters. The lowest BCUT2D eigenvalue weighted by Gasteiger charge is -2.25. The van der Waals surface area contributed by atoms with Gasteiger partial charge in [0.05, 0.1) is 19.1 Å². The molecule has 0 aliphatic carbocycles. The van der Waals surface area contributed by atoms with Crippen molar-refractivity contribution in [2.75, 3.05) is 31.3 Å². The van der Waals surface area contributed by atoms with Crippen LogP contribution in [0.4, 0.5) is 5.69 Å². The highest BCUT2D eigenvalue weighted by atomic mass is 16.5. The largest absolute Gasteiger partial charge is 0.491 e. The number of aliphatic carboxylic acids is 1. The van der Waals surface area contributed by atoms with Gasteiger partial charge in [-0.05, 0) is 65.9 Å². The second-order valence-corrected chi connectivity index (χ2v) is 8.04. The van der Waals surface area contributed by atoms with Crippen molar-refractivity contribution in [1.82, 2.24) is 0 Å². The molecule has 2 aromatic carbocycles. The summed E-state index contributed by atoms with van der Waals surface area (Å²) < 4.78 is 16.4. The second kappa shape index (κ2) is 10.9. The first-order valence-electron chi connectivity index (χ1n) is 11.3. The van der Waals surface area contributed by atoms with Crippen molar-refractivity contribution in [3.05, 3.63) is 77.8 Å². The Morgan fingerprint density at radius 3 is 2.61 bits per heavy atom. The summed E-state index contributed by atoms with van der Waals surface area (Å²) >= 11 is 0. The molecule has 6 nitrogen and oxygen atoms in total. The molecule has 172 valence electrons. The summed E-state index contributed by atoms with van der Waals surface area (Å²) in [5.74, 6) is -0.0751. The summed E-state index contributed by atoms with van der Waals surface area (Å²) in [4.78, 5) is 14.0. The van der Waals surface area contributed by atoms with Crippen molar-refractivity contribution >= 4 is 17.7 Å². The van der Waals surface area contributed by atoms with Gasteiger partial charge in [0.15, 0.2) is 0 Å². The van der Waals surface area contributed by atoms with Gasteiger partial charge >= 0.3 is 5.97 Å². The number of ether oxygens (including phenoxy) is 2. The van der Waals surface area contributed by atoms with E-state index in [4.69, 9.17) is 13.9 Å². The molecule has 2 heterocycles. The van der Waals surface area contributed by atoms with Crippen LogP contribution in [0.25, 0.3) is 17.2 Å². The first-order chi connectivity index (χ1) is 16.1. The highest BCUT2D eigenvalue weighted by Gasteiger charge is 2.20. The Kier molecular flexibility index (Phi) is 7.47. The van der Waals surface area contributed by atoms with E-state index < -0.39 is 5.97 Å². The van der Waals surface area contributed by atoms with Gasteiger partial charge in [0.25, 0.3) is 0 Å². The van der Waals surface area contributed by atoms with Crippen LogP contribution in [-0.2, 0) is 16.1 Å². The Hall–Kier alpha value is -3.51. The zero-order valence-corrected chi connectivity index (χ0v) is 18.8. The minimum Gasteiger partial charge on any atom is -0.491 e. The molecule has 0 fully saturated rings. The number of anilines is 1. The number of rotatable bonds is 10. The molecule has 1 aliphatic heterocycles. The molecule has 1 aliphatic rings. The van der Waals surface area contributed by atoms with Gasteiger partial charge in [0.1, 0.15) is 12.4 Å². The van der Waals surface area contributed by atoms with Gasteiger partial charge in [-0.15, -0.1) is 0 Å². The third-order valence-electron chi connectivity index (χ3n) is 5.61. The molecule has 0 spiro atoms. The number of carbonyl (C=O) groups is 1. The van der Waals surface area contributed by atoms with E-state index in [1.807, 2.05) is 30.3 Å². The van der Waals surface area contributed by atoms with Gasteiger partial charge in [0, 0.05) is 36.5 Å². The number of furan rings is 1. The molecule has 1 aromatic heterocycles. The molecular weight excluding hydrogens is 418 g/mol. The van der Waals surface area contributed by atoms with Crippen LogP contribution in [0, 0.1) is 0 Å². The number of carboxylic acids is 1. The highest BCUT2D eigenvalue weighted by molar-refractivity contribution is 5.94. The van der Waals surface area contributed by atoms with Gasteiger partial charge in [-0.3, -0.25) is 0 Å². The number of benzene rings is 2. The van der Waals surface area contributed by atoms with Crippen LogP contribution in [0.2, 0.25) is 0 Å². The van der Waals surface area contributed by atoms with E-state index in [-0.39, 0.29) is 0 Å². The third kappa shape index (κ3) is 5.84. The van der Waals surface area contributed by atoms with Crippen molar-refractivity contribution in [3.63, 3.8) is 0 Å².